The molecule has 2 N–H and O–H groups in total. The molecule has 0 bridgehead atoms. The van der Waals surface area contributed by atoms with Crippen molar-refractivity contribution in [3.63, 3.8) is 0 Å². The second kappa shape index (κ2) is 10.4. The third-order valence-corrected chi connectivity index (χ3v) is 6.46. The number of nitrogens with zero attached hydrogens (tertiary/aromatic N) is 5. The molecule has 0 atom stereocenters. The smallest absolute Gasteiger partial charge is 0.181 e. The number of aromatic nitrogens is 3. The van der Waals surface area contributed by atoms with Gasteiger partial charge in [-0.15, -0.1) is 0 Å². The fourth-order valence-corrected chi connectivity index (χ4v) is 4.32. The maximum Gasteiger partial charge on any atom is 0.181 e. The molecule has 1 aromatic heterocycles. The SMILES string of the molecule is C=C(Cn1nc(-c2ccc(F)c(C)c2)nc1-c1ccc(F)c(C)c1)N1CCC(C)=C(N=C(C)N)CC1. The normalized spacial score (nSPS) is 14.8. The maximum absolute atomic E-state index is 14.0. The first-order valence-electron chi connectivity index (χ1n) is 12.0. The molecule has 0 saturated carbocycles. The van der Waals surface area contributed by atoms with Crippen molar-refractivity contribution in [2.45, 2.75) is 47.1 Å². The van der Waals surface area contributed by atoms with Crippen LogP contribution >= 0.6 is 0 Å². The van der Waals surface area contributed by atoms with Crippen molar-refractivity contribution < 1.29 is 8.78 Å². The van der Waals surface area contributed by atoms with Gasteiger partial charge in [0.2, 0.25) is 0 Å². The van der Waals surface area contributed by atoms with Crippen molar-refractivity contribution in [2.75, 3.05) is 13.1 Å². The second-order valence-corrected chi connectivity index (χ2v) is 9.38. The van der Waals surface area contributed by atoms with Gasteiger partial charge in [-0.3, -0.25) is 0 Å². The molecule has 8 heteroatoms. The second-order valence-electron chi connectivity index (χ2n) is 9.38. The van der Waals surface area contributed by atoms with E-state index in [1.54, 1.807) is 49.7 Å². The minimum absolute atomic E-state index is 0.276. The van der Waals surface area contributed by atoms with Gasteiger partial charge < -0.3 is 10.6 Å². The Hall–Kier alpha value is -3.81. The number of hydrogen-bond acceptors (Lipinski definition) is 4. The summed E-state index contributed by atoms with van der Waals surface area (Å²) in [5, 5.41) is 4.76. The molecule has 0 aliphatic carbocycles. The molecule has 2 aromatic carbocycles. The van der Waals surface area contributed by atoms with Crippen LogP contribution in [-0.2, 0) is 6.54 Å². The van der Waals surface area contributed by atoms with Gasteiger partial charge in [-0.25, -0.2) is 23.4 Å². The molecule has 0 unspecified atom stereocenters. The summed E-state index contributed by atoms with van der Waals surface area (Å²) in [4.78, 5) is 11.5. The Balaban J connectivity index is 1.65. The number of aliphatic imine (C=N–C) groups is 1. The van der Waals surface area contributed by atoms with E-state index in [0.717, 1.165) is 42.9 Å². The van der Waals surface area contributed by atoms with Crippen molar-refractivity contribution in [2.24, 2.45) is 10.7 Å². The molecule has 1 aliphatic heterocycles. The molecule has 2 heterocycles. The Labute approximate surface area is 210 Å². The van der Waals surface area contributed by atoms with Crippen LogP contribution in [0.1, 0.15) is 37.8 Å². The number of nitrogens with two attached hydrogens (primary N) is 1. The minimum atomic E-state index is -0.278. The first-order valence-corrected chi connectivity index (χ1v) is 12.0. The molecule has 36 heavy (non-hydrogen) atoms. The molecule has 0 spiro atoms. The molecule has 1 aliphatic rings. The third kappa shape index (κ3) is 5.53. The standard InChI is InChI=1S/C28H32F2N6/c1-17-10-12-35(13-11-26(17)32-21(5)31)20(4)16-36-28(23-7-9-25(30)19(3)15-23)33-27(34-36)22-6-8-24(29)18(2)14-22/h6-9,14-15H,4,10-13,16H2,1-3,5H3,(H2,31,32). The van der Waals surface area contributed by atoms with Crippen LogP contribution in [0, 0.1) is 25.5 Å². The summed E-state index contributed by atoms with van der Waals surface area (Å²) in [7, 11) is 0. The number of halogens is 2. The van der Waals surface area contributed by atoms with Crippen molar-refractivity contribution in [1.29, 1.82) is 0 Å². The maximum atomic E-state index is 14.0. The Morgan fingerprint density at radius 1 is 1.00 bits per heavy atom. The first-order chi connectivity index (χ1) is 17.1. The van der Waals surface area contributed by atoms with Gasteiger partial charge in [-0.05, 0) is 87.2 Å². The highest BCUT2D eigenvalue weighted by Gasteiger charge is 2.20. The van der Waals surface area contributed by atoms with Crippen LogP contribution in [0.3, 0.4) is 0 Å². The Bertz CT molecular complexity index is 1360. The number of allylic oxidation sites excluding steroid dienone is 1. The van der Waals surface area contributed by atoms with E-state index < -0.39 is 0 Å². The monoisotopic (exact) mass is 490 g/mol. The van der Waals surface area contributed by atoms with Gasteiger partial charge in [-0.2, -0.15) is 5.10 Å². The van der Waals surface area contributed by atoms with E-state index in [0.29, 0.717) is 40.7 Å². The van der Waals surface area contributed by atoms with E-state index in [9.17, 15) is 8.78 Å². The minimum Gasteiger partial charge on any atom is -0.387 e. The van der Waals surface area contributed by atoms with E-state index in [1.165, 1.54) is 17.7 Å². The summed E-state index contributed by atoms with van der Waals surface area (Å²) in [6, 6.07) is 9.71. The lowest BCUT2D eigenvalue weighted by Gasteiger charge is -2.25. The number of amidine groups is 1. The fraction of sp³-hybridized carbons (Fsp3) is 0.321. The molecule has 3 aromatic rings. The molecular formula is C28H32F2N6. The number of aryl methyl sites for hydroxylation is 2. The predicted molar refractivity (Wildman–Crippen MR) is 140 cm³/mol. The number of benzene rings is 2. The summed E-state index contributed by atoms with van der Waals surface area (Å²) in [5.41, 5.74) is 11.5. The van der Waals surface area contributed by atoms with Gasteiger partial charge in [0.25, 0.3) is 0 Å². The Morgan fingerprint density at radius 3 is 2.25 bits per heavy atom. The van der Waals surface area contributed by atoms with Crippen LogP contribution in [-0.4, -0.2) is 38.6 Å². The van der Waals surface area contributed by atoms with E-state index >= 15 is 0 Å². The van der Waals surface area contributed by atoms with Crippen molar-refractivity contribution in [3.05, 3.63) is 82.7 Å². The third-order valence-electron chi connectivity index (χ3n) is 6.46. The Morgan fingerprint density at radius 2 is 1.61 bits per heavy atom. The average Bonchev–Trinajstić information content (AvgIpc) is 3.15. The quantitative estimate of drug-likeness (QED) is 0.352. The van der Waals surface area contributed by atoms with Gasteiger partial charge in [0.1, 0.15) is 11.6 Å². The molecule has 0 fully saturated rings. The lowest BCUT2D eigenvalue weighted by molar-refractivity contribution is 0.338. The molecule has 4 rings (SSSR count). The molecule has 0 radical (unpaired) electrons. The highest BCUT2D eigenvalue weighted by molar-refractivity contribution is 5.78. The molecule has 188 valence electrons. The van der Waals surface area contributed by atoms with Crippen LogP contribution in [0.25, 0.3) is 22.8 Å². The summed E-state index contributed by atoms with van der Waals surface area (Å²) < 4.78 is 29.6. The van der Waals surface area contributed by atoms with Crippen LogP contribution in [0.4, 0.5) is 8.78 Å². The predicted octanol–water partition coefficient (Wildman–Crippen LogP) is 5.77. The van der Waals surface area contributed by atoms with Crippen LogP contribution < -0.4 is 5.73 Å². The van der Waals surface area contributed by atoms with E-state index in [1.807, 2.05) is 0 Å². The van der Waals surface area contributed by atoms with Crippen LogP contribution in [0.5, 0.6) is 0 Å². The summed E-state index contributed by atoms with van der Waals surface area (Å²) in [5.74, 6) is 1.08. The van der Waals surface area contributed by atoms with Gasteiger partial charge in [-0.1, -0.05) is 6.58 Å². The van der Waals surface area contributed by atoms with E-state index in [-0.39, 0.29) is 11.6 Å². The Kier molecular flexibility index (Phi) is 7.33. The topological polar surface area (TPSA) is 72.3 Å². The van der Waals surface area contributed by atoms with Gasteiger partial charge in [0.15, 0.2) is 11.6 Å². The molecular weight excluding hydrogens is 458 g/mol. The average molecular weight is 491 g/mol. The lowest BCUT2D eigenvalue weighted by Crippen LogP contribution is -2.27. The molecule has 6 nitrogen and oxygen atoms in total. The van der Waals surface area contributed by atoms with Gasteiger partial charge >= 0.3 is 0 Å². The van der Waals surface area contributed by atoms with Crippen LogP contribution in [0.2, 0.25) is 0 Å². The zero-order valence-electron chi connectivity index (χ0n) is 21.3. The van der Waals surface area contributed by atoms with E-state index in [4.69, 9.17) is 15.8 Å². The summed E-state index contributed by atoms with van der Waals surface area (Å²) in [6.45, 7) is 13.7. The summed E-state index contributed by atoms with van der Waals surface area (Å²) >= 11 is 0. The highest BCUT2D eigenvalue weighted by Crippen LogP contribution is 2.27. The van der Waals surface area contributed by atoms with Crippen molar-refractivity contribution in [1.82, 2.24) is 19.7 Å². The van der Waals surface area contributed by atoms with Crippen molar-refractivity contribution >= 4 is 5.84 Å². The van der Waals surface area contributed by atoms with Gasteiger partial charge in [0.05, 0.1) is 12.4 Å². The number of rotatable bonds is 6. The van der Waals surface area contributed by atoms with Crippen molar-refractivity contribution in [3.8, 4) is 22.8 Å². The first kappa shape index (κ1) is 25.3. The number of hydrogen-bond donors (Lipinski definition) is 1. The van der Waals surface area contributed by atoms with Crippen LogP contribution in [0.15, 0.2) is 64.9 Å². The molecule has 0 saturated heterocycles. The summed E-state index contributed by atoms with van der Waals surface area (Å²) in [6.07, 6.45) is 1.65. The van der Waals surface area contributed by atoms with E-state index in [2.05, 4.69) is 23.4 Å². The molecule has 0 amide bonds. The highest BCUT2D eigenvalue weighted by atomic mass is 19.1. The van der Waals surface area contributed by atoms with Gasteiger partial charge in [0, 0.05) is 42.0 Å². The largest absolute Gasteiger partial charge is 0.387 e. The zero-order valence-corrected chi connectivity index (χ0v) is 21.3. The lowest BCUT2D eigenvalue weighted by atomic mass is 10.1. The fourth-order valence-electron chi connectivity index (χ4n) is 4.32. The zero-order chi connectivity index (χ0) is 26.0.